The number of aromatic nitrogens is 3. The first-order valence-electron chi connectivity index (χ1n) is 4.56. The maximum Gasteiger partial charge on any atom is 0.224 e. The number of rotatable bonds is 3. The molecule has 0 aliphatic rings. The molecule has 5 nitrogen and oxygen atoms in total. The van der Waals surface area contributed by atoms with Crippen molar-refractivity contribution in [1.29, 1.82) is 0 Å². The molecule has 2 rings (SSSR count). The predicted molar refractivity (Wildman–Crippen MR) is 63.6 cm³/mol. The van der Waals surface area contributed by atoms with E-state index in [-0.39, 0.29) is 0 Å². The molecule has 0 bridgehead atoms. The molecular formula is C10H9BrN4O. The third-order valence-corrected chi connectivity index (χ3v) is 2.23. The van der Waals surface area contributed by atoms with Crippen molar-refractivity contribution in [3.05, 3.63) is 35.3 Å². The highest BCUT2D eigenvalue weighted by molar-refractivity contribution is 9.10. The SMILES string of the molecule is CNc1cc(Oc2cncc(Br)c2)ncn1. The molecule has 0 saturated carbocycles. The predicted octanol–water partition coefficient (Wildman–Crippen LogP) is 2.47. The Morgan fingerprint density at radius 1 is 1.25 bits per heavy atom. The molecule has 0 spiro atoms. The number of nitrogens with one attached hydrogen (secondary N) is 1. The van der Waals surface area contributed by atoms with Gasteiger partial charge in [-0.2, -0.15) is 0 Å². The van der Waals surface area contributed by atoms with Crippen molar-refractivity contribution in [1.82, 2.24) is 15.0 Å². The quantitative estimate of drug-likeness (QED) is 0.936. The second kappa shape index (κ2) is 4.89. The van der Waals surface area contributed by atoms with Crippen molar-refractivity contribution in [2.24, 2.45) is 0 Å². The van der Waals surface area contributed by atoms with Crippen LogP contribution in [-0.2, 0) is 0 Å². The van der Waals surface area contributed by atoms with Crippen LogP contribution >= 0.6 is 15.9 Å². The monoisotopic (exact) mass is 280 g/mol. The fourth-order valence-electron chi connectivity index (χ4n) is 1.10. The molecule has 2 aromatic rings. The molecule has 0 amide bonds. The summed E-state index contributed by atoms with van der Waals surface area (Å²) in [6, 6.07) is 3.52. The Kier molecular flexibility index (Phi) is 3.31. The Labute approximate surface area is 101 Å². The van der Waals surface area contributed by atoms with Crippen LogP contribution in [0.15, 0.2) is 35.3 Å². The number of nitrogens with zero attached hydrogens (tertiary/aromatic N) is 3. The van der Waals surface area contributed by atoms with Crippen LogP contribution in [-0.4, -0.2) is 22.0 Å². The van der Waals surface area contributed by atoms with Crippen LogP contribution in [0.5, 0.6) is 11.6 Å². The van der Waals surface area contributed by atoms with Crippen molar-refractivity contribution >= 4 is 21.7 Å². The Bertz CT molecular complexity index is 492. The largest absolute Gasteiger partial charge is 0.437 e. The smallest absolute Gasteiger partial charge is 0.224 e. The van der Waals surface area contributed by atoms with Crippen molar-refractivity contribution in [2.75, 3.05) is 12.4 Å². The van der Waals surface area contributed by atoms with Gasteiger partial charge in [-0.1, -0.05) is 0 Å². The summed E-state index contributed by atoms with van der Waals surface area (Å²) in [6.07, 6.45) is 4.74. The van der Waals surface area contributed by atoms with Crippen LogP contribution in [0.2, 0.25) is 0 Å². The van der Waals surface area contributed by atoms with E-state index in [1.54, 1.807) is 25.5 Å². The van der Waals surface area contributed by atoms with Gasteiger partial charge >= 0.3 is 0 Å². The summed E-state index contributed by atoms with van der Waals surface area (Å²) in [5, 5.41) is 2.91. The average Bonchev–Trinajstić information content (AvgIpc) is 2.29. The summed E-state index contributed by atoms with van der Waals surface area (Å²) < 4.78 is 6.37. The van der Waals surface area contributed by atoms with Gasteiger partial charge < -0.3 is 10.1 Å². The standard InChI is InChI=1S/C10H9BrN4O/c1-12-9-3-10(15-6-14-9)16-8-2-7(11)4-13-5-8/h2-6H,1H3,(H,12,14,15). The van der Waals surface area contributed by atoms with Gasteiger partial charge in [0.05, 0.1) is 6.20 Å². The summed E-state index contributed by atoms with van der Waals surface area (Å²) in [4.78, 5) is 12.0. The minimum absolute atomic E-state index is 0.472. The number of ether oxygens (including phenoxy) is 1. The van der Waals surface area contributed by atoms with Gasteiger partial charge in [-0.3, -0.25) is 4.98 Å². The second-order valence-electron chi connectivity index (χ2n) is 2.93. The lowest BCUT2D eigenvalue weighted by Gasteiger charge is -2.05. The topological polar surface area (TPSA) is 59.9 Å². The lowest BCUT2D eigenvalue weighted by molar-refractivity contribution is 0.459. The van der Waals surface area contributed by atoms with E-state index in [1.807, 2.05) is 6.07 Å². The molecular weight excluding hydrogens is 272 g/mol. The summed E-state index contributed by atoms with van der Waals surface area (Å²) in [6.45, 7) is 0. The Morgan fingerprint density at radius 2 is 2.12 bits per heavy atom. The van der Waals surface area contributed by atoms with E-state index < -0.39 is 0 Å². The van der Waals surface area contributed by atoms with E-state index in [0.717, 1.165) is 4.47 Å². The third-order valence-electron chi connectivity index (χ3n) is 1.80. The average molecular weight is 281 g/mol. The molecule has 0 radical (unpaired) electrons. The zero-order valence-corrected chi connectivity index (χ0v) is 10.1. The number of halogens is 1. The lowest BCUT2D eigenvalue weighted by Crippen LogP contribution is -1.95. The van der Waals surface area contributed by atoms with Crippen molar-refractivity contribution in [2.45, 2.75) is 0 Å². The van der Waals surface area contributed by atoms with E-state index >= 15 is 0 Å². The number of hydrogen-bond donors (Lipinski definition) is 1. The molecule has 0 aliphatic carbocycles. The maximum atomic E-state index is 5.52. The minimum atomic E-state index is 0.472. The second-order valence-corrected chi connectivity index (χ2v) is 3.85. The first-order valence-corrected chi connectivity index (χ1v) is 5.35. The Hall–Kier alpha value is -1.69. The first-order chi connectivity index (χ1) is 7.78. The normalized spacial score (nSPS) is 9.88. The molecule has 1 N–H and O–H groups in total. The van der Waals surface area contributed by atoms with Gasteiger partial charge in [0.2, 0.25) is 5.88 Å². The summed E-state index contributed by atoms with van der Waals surface area (Å²) in [7, 11) is 1.78. The van der Waals surface area contributed by atoms with Crippen LogP contribution in [0.4, 0.5) is 5.82 Å². The first kappa shape index (κ1) is 10.8. The highest BCUT2D eigenvalue weighted by Crippen LogP contribution is 2.22. The van der Waals surface area contributed by atoms with Crippen LogP contribution < -0.4 is 10.1 Å². The van der Waals surface area contributed by atoms with E-state index in [4.69, 9.17) is 4.74 Å². The number of anilines is 1. The molecule has 82 valence electrons. The molecule has 2 aromatic heterocycles. The van der Waals surface area contributed by atoms with Gasteiger partial charge in [0.15, 0.2) is 0 Å². The third kappa shape index (κ3) is 2.66. The summed E-state index contributed by atoms with van der Waals surface area (Å²) in [5.41, 5.74) is 0. The molecule has 16 heavy (non-hydrogen) atoms. The number of pyridine rings is 1. The molecule has 0 fully saturated rings. The van der Waals surface area contributed by atoms with Crippen LogP contribution in [0.1, 0.15) is 0 Å². The number of hydrogen-bond acceptors (Lipinski definition) is 5. The van der Waals surface area contributed by atoms with E-state index in [2.05, 4.69) is 36.2 Å². The Morgan fingerprint density at radius 3 is 2.88 bits per heavy atom. The van der Waals surface area contributed by atoms with Gasteiger partial charge in [-0.15, -0.1) is 0 Å². The van der Waals surface area contributed by atoms with Crippen molar-refractivity contribution in [3.8, 4) is 11.6 Å². The van der Waals surface area contributed by atoms with E-state index in [9.17, 15) is 0 Å². The van der Waals surface area contributed by atoms with Gasteiger partial charge in [0, 0.05) is 23.8 Å². The molecule has 6 heteroatoms. The zero-order valence-electron chi connectivity index (χ0n) is 8.51. The molecule has 0 aromatic carbocycles. The van der Waals surface area contributed by atoms with E-state index in [0.29, 0.717) is 17.4 Å². The highest BCUT2D eigenvalue weighted by atomic mass is 79.9. The fraction of sp³-hybridized carbons (Fsp3) is 0.100. The minimum Gasteiger partial charge on any atom is -0.437 e. The van der Waals surface area contributed by atoms with Gasteiger partial charge in [0.25, 0.3) is 0 Å². The van der Waals surface area contributed by atoms with Crippen LogP contribution in [0.25, 0.3) is 0 Å². The van der Waals surface area contributed by atoms with Gasteiger partial charge in [-0.25, -0.2) is 9.97 Å². The molecule has 2 heterocycles. The molecule has 0 saturated heterocycles. The molecule has 0 unspecified atom stereocenters. The van der Waals surface area contributed by atoms with E-state index in [1.165, 1.54) is 6.33 Å². The summed E-state index contributed by atoms with van der Waals surface area (Å²) >= 11 is 3.32. The van der Waals surface area contributed by atoms with Crippen molar-refractivity contribution < 1.29 is 4.74 Å². The van der Waals surface area contributed by atoms with Crippen molar-refractivity contribution in [3.63, 3.8) is 0 Å². The van der Waals surface area contributed by atoms with Crippen LogP contribution in [0, 0.1) is 0 Å². The van der Waals surface area contributed by atoms with Gasteiger partial charge in [0.1, 0.15) is 17.9 Å². The lowest BCUT2D eigenvalue weighted by atomic mass is 10.4. The summed E-state index contributed by atoms with van der Waals surface area (Å²) in [5.74, 6) is 1.79. The van der Waals surface area contributed by atoms with Gasteiger partial charge in [-0.05, 0) is 22.0 Å². The fourth-order valence-corrected chi connectivity index (χ4v) is 1.44. The Balaban J connectivity index is 2.20. The zero-order chi connectivity index (χ0) is 11.4. The molecule has 0 aliphatic heterocycles. The highest BCUT2D eigenvalue weighted by Gasteiger charge is 2.01. The maximum absolute atomic E-state index is 5.52. The van der Waals surface area contributed by atoms with Crippen LogP contribution in [0.3, 0.4) is 0 Å². The molecule has 0 atom stereocenters.